The highest BCUT2D eigenvalue weighted by Crippen LogP contribution is 2.23. The molecule has 25 heavy (non-hydrogen) atoms. The van der Waals surface area contributed by atoms with Crippen molar-refractivity contribution < 1.29 is 14.3 Å². The molecule has 0 aliphatic carbocycles. The second-order valence-corrected chi connectivity index (χ2v) is 5.25. The minimum atomic E-state index is -0.683. The van der Waals surface area contributed by atoms with Gasteiger partial charge in [0.15, 0.2) is 0 Å². The van der Waals surface area contributed by atoms with E-state index in [4.69, 9.17) is 10.5 Å². The molecule has 2 aromatic heterocycles. The molecule has 0 aliphatic heterocycles. The van der Waals surface area contributed by atoms with Gasteiger partial charge in [-0.3, -0.25) is 19.4 Å². The summed E-state index contributed by atoms with van der Waals surface area (Å²) >= 11 is 0. The second kappa shape index (κ2) is 6.48. The third kappa shape index (κ3) is 3.20. The van der Waals surface area contributed by atoms with E-state index in [1.54, 1.807) is 20.2 Å². The number of nitrogens with two attached hydrogens (primary N) is 1. The topological polar surface area (TPSA) is 128 Å². The molecule has 2 amide bonds. The Hall–Kier alpha value is -3.62. The maximum absolute atomic E-state index is 12.4. The molecule has 0 radical (unpaired) electrons. The van der Waals surface area contributed by atoms with Crippen molar-refractivity contribution in [2.45, 2.75) is 0 Å². The number of anilines is 1. The maximum atomic E-state index is 12.4. The predicted octanol–water partition coefficient (Wildman–Crippen LogP) is 1.17. The fourth-order valence-corrected chi connectivity index (χ4v) is 2.38. The second-order valence-electron chi connectivity index (χ2n) is 5.25. The Bertz CT molecular complexity index is 943. The van der Waals surface area contributed by atoms with Crippen LogP contribution in [0.4, 0.5) is 5.69 Å². The van der Waals surface area contributed by atoms with Gasteiger partial charge in [-0.05, 0) is 18.2 Å². The molecule has 3 rings (SSSR count). The number of carbonyl (C=O) groups is 2. The van der Waals surface area contributed by atoms with E-state index in [0.29, 0.717) is 11.4 Å². The molecule has 3 aromatic rings. The van der Waals surface area contributed by atoms with E-state index in [9.17, 15) is 9.59 Å². The summed E-state index contributed by atoms with van der Waals surface area (Å²) in [6, 6.07) is 8.91. The highest BCUT2D eigenvalue weighted by atomic mass is 16.5. The van der Waals surface area contributed by atoms with Crippen LogP contribution in [-0.2, 0) is 7.05 Å². The molecule has 0 fully saturated rings. The number of hydrogen-bond donors (Lipinski definition) is 3. The highest BCUT2D eigenvalue weighted by Gasteiger charge is 2.18. The van der Waals surface area contributed by atoms with Crippen LogP contribution < -0.4 is 15.8 Å². The van der Waals surface area contributed by atoms with Gasteiger partial charge in [-0.1, -0.05) is 12.1 Å². The molecule has 0 bridgehead atoms. The molecule has 4 N–H and O–H groups in total. The summed E-state index contributed by atoms with van der Waals surface area (Å²) in [5, 5.41) is 13.3. The monoisotopic (exact) mass is 340 g/mol. The van der Waals surface area contributed by atoms with E-state index in [-0.39, 0.29) is 17.1 Å². The standard InChI is InChI=1S/C16H16N6O3/c1-22-14(15(17)23)13(8-18-22)19-16(24)12-7-11(20-21-12)9-4-3-5-10(6-9)25-2/h3-8H,1-2H3,(H2,17,23)(H,19,24)(H,20,21). The summed E-state index contributed by atoms with van der Waals surface area (Å²) in [5.41, 5.74) is 7.27. The van der Waals surface area contributed by atoms with Crippen LogP contribution in [0.15, 0.2) is 36.5 Å². The number of aryl methyl sites for hydroxylation is 1. The molecule has 0 aliphatic rings. The zero-order valence-electron chi connectivity index (χ0n) is 13.6. The van der Waals surface area contributed by atoms with Gasteiger partial charge in [-0.25, -0.2) is 0 Å². The summed E-state index contributed by atoms with van der Waals surface area (Å²) in [6.45, 7) is 0. The molecule has 9 heteroatoms. The Labute approximate surface area is 142 Å². The van der Waals surface area contributed by atoms with Gasteiger partial charge in [0.05, 0.1) is 24.7 Å². The van der Waals surface area contributed by atoms with E-state index in [2.05, 4.69) is 20.6 Å². The van der Waals surface area contributed by atoms with Crippen molar-refractivity contribution in [3.8, 4) is 17.0 Å². The molecule has 0 saturated heterocycles. The highest BCUT2D eigenvalue weighted by molar-refractivity contribution is 6.07. The van der Waals surface area contributed by atoms with Crippen LogP contribution in [0.25, 0.3) is 11.3 Å². The van der Waals surface area contributed by atoms with Gasteiger partial charge in [0.25, 0.3) is 11.8 Å². The van der Waals surface area contributed by atoms with Gasteiger partial charge in [0.2, 0.25) is 0 Å². The van der Waals surface area contributed by atoms with Crippen LogP contribution in [0.3, 0.4) is 0 Å². The Kier molecular flexibility index (Phi) is 4.21. The van der Waals surface area contributed by atoms with Crippen LogP contribution in [-0.4, -0.2) is 38.9 Å². The van der Waals surface area contributed by atoms with Gasteiger partial charge in [0, 0.05) is 12.6 Å². The quantitative estimate of drug-likeness (QED) is 0.642. The lowest BCUT2D eigenvalue weighted by Crippen LogP contribution is -2.20. The van der Waals surface area contributed by atoms with Crippen molar-refractivity contribution in [2.75, 3.05) is 12.4 Å². The van der Waals surface area contributed by atoms with Crippen LogP contribution in [0.2, 0.25) is 0 Å². The van der Waals surface area contributed by atoms with Gasteiger partial charge in [-0.2, -0.15) is 10.2 Å². The van der Waals surface area contributed by atoms with Gasteiger partial charge in [0.1, 0.15) is 17.1 Å². The first-order valence-corrected chi connectivity index (χ1v) is 7.32. The van der Waals surface area contributed by atoms with Crippen molar-refractivity contribution in [1.29, 1.82) is 0 Å². The summed E-state index contributed by atoms with van der Waals surface area (Å²) in [6.07, 6.45) is 1.36. The fraction of sp³-hybridized carbons (Fsp3) is 0.125. The van der Waals surface area contributed by atoms with Gasteiger partial charge in [-0.15, -0.1) is 0 Å². The number of H-pyrrole nitrogens is 1. The maximum Gasteiger partial charge on any atom is 0.273 e. The lowest BCUT2D eigenvalue weighted by molar-refractivity contribution is 0.0992. The van der Waals surface area contributed by atoms with E-state index in [1.165, 1.54) is 10.9 Å². The van der Waals surface area contributed by atoms with Crippen molar-refractivity contribution >= 4 is 17.5 Å². The van der Waals surface area contributed by atoms with E-state index < -0.39 is 11.8 Å². The zero-order chi connectivity index (χ0) is 18.0. The first kappa shape index (κ1) is 16.2. The fourth-order valence-electron chi connectivity index (χ4n) is 2.38. The Balaban J connectivity index is 1.83. The van der Waals surface area contributed by atoms with Crippen molar-refractivity contribution in [3.63, 3.8) is 0 Å². The minimum absolute atomic E-state index is 0.112. The minimum Gasteiger partial charge on any atom is -0.497 e. The van der Waals surface area contributed by atoms with E-state index in [0.717, 1.165) is 5.56 Å². The van der Waals surface area contributed by atoms with Crippen molar-refractivity contribution in [1.82, 2.24) is 20.0 Å². The molecule has 9 nitrogen and oxygen atoms in total. The molecule has 0 spiro atoms. The number of ether oxygens (including phenoxy) is 1. The Morgan fingerprint density at radius 3 is 2.84 bits per heavy atom. The van der Waals surface area contributed by atoms with Gasteiger partial charge >= 0.3 is 0 Å². The molecule has 0 unspecified atom stereocenters. The number of carbonyl (C=O) groups excluding carboxylic acids is 2. The summed E-state index contributed by atoms with van der Waals surface area (Å²) in [4.78, 5) is 23.8. The molecule has 2 heterocycles. The average molecular weight is 340 g/mol. The molecule has 128 valence electrons. The predicted molar refractivity (Wildman–Crippen MR) is 90.3 cm³/mol. The number of hydrogen-bond acceptors (Lipinski definition) is 5. The number of nitrogens with zero attached hydrogens (tertiary/aromatic N) is 3. The zero-order valence-corrected chi connectivity index (χ0v) is 13.6. The average Bonchev–Trinajstić information content (AvgIpc) is 3.22. The Morgan fingerprint density at radius 1 is 1.32 bits per heavy atom. The summed E-state index contributed by atoms with van der Waals surface area (Å²) in [5.74, 6) is -0.456. The number of aromatic nitrogens is 4. The largest absolute Gasteiger partial charge is 0.497 e. The van der Waals surface area contributed by atoms with Crippen LogP contribution >= 0.6 is 0 Å². The van der Waals surface area contributed by atoms with E-state index in [1.807, 2.05) is 24.3 Å². The normalized spacial score (nSPS) is 10.5. The summed E-state index contributed by atoms with van der Waals surface area (Å²) in [7, 11) is 3.14. The number of methoxy groups -OCH3 is 1. The number of amides is 2. The number of benzene rings is 1. The summed E-state index contributed by atoms with van der Waals surface area (Å²) < 4.78 is 6.48. The third-order valence-corrected chi connectivity index (χ3v) is 3.61. The number of aromatic amines is 1. The van der Waals surface area contributed by atoms with Crippen LogP contribution in [0, 0.1) is 0 Å². The SMILES string of the molecule is COc1cccc(-c2cc(C(=O)Nc3cnn(C)c3C(N)=O)[nH]n2)c1. The lowest BCUT2D eigenvalue weighted by Gasteiger charge is -2.03. The number of primary amides is 1. The molecule has 0 saturated carbocycles. The van der Waals surface area contributed by atoms with E-state index >= 15 is 0 Å². The molecular formula is C16H16N6O3. The van der Waals surface area contributed by atoms with Crippen LogP contribution in [0.5, 0.6) is 5.75 Å². The van der Waals surface area contributed by atoms with Gasteiger partial charge < -0.3 is 15.8 Å². The first-order chi connectivity index (χ1) is 12.0. The number of rotatable bonds is 5. The third-order valence-electron chi connectivity index (χ3n) is 3.61. The van der Waals surface area contributed by atoms with Crippen molar-refractivity contribution in [3.05, 3.63) is 47.9 Å². The Morgan fingerprint density at radius 2 is 2.12 bits per heavy atom. The molecular weight excluding hydrogens is 324 g/mol. The first-order valence-electron chi connectivity index (χ1n) is 7.32. The van der Waals surface area contributed by atoms with Crippen LogP contribution in [0.1, 0.15) is 21.0 Å². The smallest absolute Gasteiger partial charge is 0.273 e. The molecule has 1 aromatic carbocycles. The number of nitrogens with one attached hydrogen (secondary N) is 2. The molecule has 0 atom stereocenters. The van der Waals surface area contributed by atoms with Crippen molar-refractivity contribution in [2.24, 2.45) is 12.8 Å². The lowest BCUT2D eigenvalue weighted by atomic mass is 10.1.